The van der Waals surface area contributed by atoms with Crippen LogP contribution in [0.4, 0.5) is 0 Å². The van der Waals surface area contributed by atoms with Crippen molar-refractivity contribution in [2.24, 2.45) is 5.92 Å². The number of aromatic amines is 1. The molecule has 3 aromatic rings. The molecular formula is C21H21N3O3. The van der Waals surface area contributed by atoms with Crippen LogP contribution in [0.2, 0.25) is 0 Å². The van der Waals surface area contributed by atoms with Crippen LogP contribution in [0.1, 0.15) is 43.1 Å². The molecule has 2 aromatic carbocycles. The number of fused-ring (bicyclic) bond motifs is 2. The summed E-state index contributed by atoms with van der Waals surface area (Å²) in [6.45, 7) is 2.24. The summed E-state index contributed by atoms with van der Waals surface area (Å²) in [5.74, 6) is 3.27. The van der Waals surface area contributed by atoms with Crippen LogP contribution in [0.3, 0.4) is 0 Å². The number of para-hydroxylation sites is 2. The first-order valence-electron chi connectivity index (χ1n) is 9.31. The molecule has 1 aliphatic carbocycles. The van der Waals surface area contributed by atoms with Gasteiger partial charge in [-0.2, -0.15) is 0 Å². The molecule has 2 aliphatic rings. The Bertz CT molecular complexity index is 980. The van der Waals surface area contributed by atoms with E-state index in [-0.39, 0.29) is 18.7 Å². The lowest BCUT2D eigenvalue weighted by molar-refractivity contribution is -0.122. The monoisotopic (exact) mass is 363 g/mol. The zero-order chi connectivity index (χ0) is 18.4. The molecule has 27 heavy (non-hydrogen) atoms. The summed E-state index contributed by atoms with van der Waals surface area (Å²) in [6, 6.07) is 13.7. The lowest BCUT2D eigenvalue weighted by Gasteiger charge is -2.14. The molecule has 2 heterocycles. The smallest absolute Gasteiger partial charge is 0.231 e. The normalized spacial score (nSPS) is 21.2. The molecule has 2 N–H and O–H groups in total. The topological polar surface area (TPSA) is 76.2 Å². The molecule has 0 radical (unpaired) electrons. The molecule has 1 saturated carbocycles. The van der Waals surface area contributed by atoms with Gasteiger partial charge < -0.3 is 19.8 Å². The van der Waals surface area contributed by atoms with Gasteiger partial charge in [-0.05, 0) is 49.1 Å². The number of amides is 1. The first-order chi connectivity index (χ1) is 13.2. The lowest BCUT2D eigenvalue weighted by atomic mass is 10.1. The number of hydrogen-bond acceptors (Lipinski definition) is 4. The highest BCUT2D eigenvalue weighted by atomic mass is 16.7. The van der Waals surface area contributed by atoms with Crippen LogP contribution in [0, 0.1) is 5.92 Å². The van der Waals surface area contributed by atoms with E-state index in [1.807, 2.05) is 49.4 Å². The average Bonchev–Trinajstić information content (AvgIpc) is 3.08. The van der Waals surface area contributed by atoms with E-state index in [2.05, 4.69) is 15.3 Å². The van der Waals surface area contributed by atoms with Crippen molar-refractivity contribution in [2.75, 3.05) is 6.79 Å². The number of nitrogens with zero attached hydrogens (tertiary/aromatic N) is 1. The third-order valence-corrected chi connectivity index (χ3v) is 5.40. The number of imidazole rings is 1. The molecule has 1 fully saturated rings. The van der Waals surface area contributed by atoms with Gasteiger partial charge in [-0.25, -0.2) is 4.98 Å². The zero-order valence-electron chi connectivity index (χ0n) is 15.1. The van der Waals surface area contributed by atoms with Crippen molar-refractivity contribution in [1.82, 2.24) is 15.3 Å². The maximum absolute atomic E-state index is 12.5. The fourth-order valence-corrected chi connectivity index (χ4v) is 3.76. The van der Waals surface area contributed by atoms with Crippen LogP contribution in [0.25, 0.3) is 11.0 Å². The molecule has 3 atom stereocenters. The molecule has 138 valence electrons. The first kappa shape index (κ1) is 16.2. The number of nitrogens with one attached hydrogen (secondary N) is 2. The van der Waals surface area contributed by atoms with Crippen molar-refractivity contribution in [1.29, 1.82) is 0 Å². The fourth-order valence-electron chi connectivity index (χ4n) is 3.76. The summed E-state index contributed by atoms with van der Waals surface area (Å²) in [5.41, 5.74) is 3.05. The number of rotatable bonds is 5. The van der Waals surface area contributed by atoms with Gasteiger partial charge >= 0.3 is 0 Å². The summed E-state index contributed by atoms with van der Waals surface area (Å²) in [4.78, 5) is 20.5. The molecule has 5 rings (SSSR count). The third kappa shape index (κ3) is 3.12. The third-order valence-electron chi connectivity index (χ3n) is 5.40. The Morgan fingerprint density at radius 2 is 2.11 bits per heavy atom. The Hall–Kier alpha value is -3.02. The van der Waals surface area contributed by atoms with Crippen LogP contribution in [0.5, 0.6) is 11.5 Å². The number of H-pyrrole nitrogens is 1. The van der Waals surface area contributed by atoms with Gasteiger partial charge in [0.15, 0.2) is 11.5 Å². The summed E-state index contributed by atoms with van der Waals surface area (Å²) in [6.07, 6.45) is 1.53. The molecule has 1 aliphatic heterocycles. The van der Waals surface area contributed by atoms with E-state index in [9.17, 15) is 4.79 Å². The van der Waals surface area contributed by atoms with E-state index in [0.29, 0.717) is 18.3 Å². The second kappa shape index (κ2) is 6.30. The van der Waals surface area contributed by atoms with Crippen molar-refractivity contribution in [3.8, 4) is 11.5 Å². The molecule has 6 nitrogen and oxygen atoms in total. The number of carbonyl (C=O) groups is 1. The molecule has 0 bridgehead atoms. The van der Waals surface area contributed by atoms with Crippen LogP contribution in [-0.2, 0) is 4.79 Å². The summed E-state index contributed by atoms with van der Waals surface area (Å²) < 4.78 is 10.7. The van der Waals surface area contributed by atoms with Crippen molar-refractivity contribution >= 4 is 16.9 Å². The van der Waals surface area contributed by atoms with Crippen LogP contribution < -0.4 is 14.8 Å². The minimum absolute atomic E-state index is 0.0729. The highest BCUT2D eigenvalue weighted by Crippen LogP contribution is 2.48. The molecule has 0 spiro atoms. The summed E-state index contributed by atoms with van der Waals surface area (Å²) >= 11 is 0. The highest BCUT2D eigenvalue weighted by Gasteiger charge is 2.41. The van der Waals surface area contributed by atoms with Crippen molar-refractivity contribution in [2.45, 2.75) is 31.7 Å². The highest BCUT2D eigenvalue weighted by molar-refractivity contribution is 5.78. The van der Waals surface area contributed by atoms with Gasteiger partial charge in [0.25, 0.3) is 0 Å². The number of carbonyl (C=O) groups excluding carboxylic acids is 1. The summed E-state index contributed by atoms with van der Waals surface area (Å²) in [7, 11) is 0. The van der Waals surface area contributed by atoms with Gasteiger partial charge in [-0.15, -0.1) is 0 Å². The molecule has 1 aromatic heterocycles. The Kier molecular flexibility index (Phi) is 3.77. The molecule has 1 amide bonds. The first-order valence-corrected chi connectivity index (χ1v) is 9.31. The Balaban J connectivity index is 1.19. The largest absolute Gasteiger partial charge is 0.454 e. The molecule has 6 heteroatoms. The van der Waals surface area contributed by atoms with Crippen LogP contribution >= 0.6 is 0 Å². The van der Waals surface area contributed by atoms with Crippen LogP contribution in [0.15, 0.2) is 42.5 Å². The minimum Gasteiger partial charge on any atom is -0.454 e. The quantitative estimate of drug-likeness (QED) is 0.725. The molecule has 0 unspecified atom stereocenters. The van der Waals surface area contributed by atoms with Gasteiger partial charge in [0.05, 0.1) is 17.1 Å². The Morgan fingerprint density at radius 3 is 3.00 bits per heavy atom. The second-order valence-electron chi connectivity index (χ2n) is 7.35. The number of hydrogen-bond donors (Lipinski definition) is 2. The van der Waals surface area contributed by atoms with Crippen molar-refractivity contribution < 1.29 is 14.3 Å². The Morgan fingerprint density at radius 1 is 1.26 bits per heavy atom. The zero-order valence-corrected chi connectivity index (χ0v) is 15.1. The predicted molar refractivity (Wildman–Crippen MR) is 101 cm³/mol. The SMILES string of the molecule is C[C@@H](NC(=O)C[C@@H]1C[C@@H]1c1nc2ccccc2[nH]1)c1ccc2c(c1)OCO2. The van der Waals surface area contributed by atoms with E-state index < -0.39 is 0 Å². The van der Waals surface area contributed by atoms with Gasteiger partial charge in [0.2, 0.25) is 12.7 Å². The van der Waals surface area contributed by atoms with E-state index in [4.69, 9.17) is 9.47 Å². The standard InChI is InChI=1S/C21H21N3O3/c1-12(13-6-7-18-19(9-13)27-11-26-18)22-20(25)10-14-8-15(14)21-23-16-4-2-3-5-17(16)24-21/h2-7,9,12,14-15H,8,10-11H2,1H3,(H,22,25)(H,23,24)/t12-,14+,15+/m1/s1. The van der Waals surface area contributed by atoms with Crippen molar-refractivity contribution in [3.05, 3.63) is 53.9 Å². The summed E-state index contributed by atoms with van der Waals surface area (Å²) in [5, 5.41) is 3.09. The number of benzene rings is 2. The number of aromatic nitrogens is 2. The van der Waals surface area contributed by atoms with Gasteiger partial charge in [0, 0.05) is 12.3 Å². The van der Waals surface area contributed by atoms with Crippen LogP contribution in [-0.4, -0.2) is 22.7 Å². The maximum Gasteiger partial charge on any atom is 0.231 e. The van der Waals surface area contributed by atoms with Gasteiger partial charge in [0.1, 0.15) is 5.82 Å². The fraction of sp³-hybridized carbons (Fsp3) is 0.333. The second-order valence-corrected chi connectivity index (χ2v) is 7.35. The minimum atomic E-state index is -0.0737. The van der Waals surface area contributed by atoms with Gasteiger partial charge in [-0.1, -0.05) is 18.2 Å². The van der Waals surface area contributed by atoms with Crippen molar-refractivity contribution in [3.63, 3.8) is 0 Å². The van der Waals surface area contributed by atoms with E-state index in [0.717, 1.165) is 40.3 Å². The Labute approximate surface area is 156 Å². The lowest BCUT2D eigenvalue weighted by Crippen LogP contribution is -2.26. The number of ether oxygens (including phenoxy) is 2. The van der Waals surface area contributed by atoms with E-state index in [1.165, 1.54) is 0 Å². The van der Waals surface area contributed by atoms with E-state index >= 15 is 0 Å². The molecular weight excluding hydrogens is 342 g/mol. The maximum atomic E-state index is 12.5. The predicted octanol–water partition coefficient (Wildman–Crippen LogP) is 3.66. The van der Waals surface area contributed by atoms with E-state index in [1.54, 1.807) is 0 Å². The molecule has 0 saturated heterocycles. The van der Waals surface area contributed by atoms with Gasteiger partial charge in [-0.3, -0.25) is 4.79 Å². The average molecular weight is 363 g/mol.